The average Bonchev–Trinajstić information content (AvgIpc) is 2.69. The fraction of sp³-hybridized carbons (Fsp3) is 0.333. The molecule has 2 aromatic rings. The van der Waals surface area contributed by atoms with Crippen molar-refractivity contribution in [1.29, 1.82) is 5.26 Å². The monoisotopic (exact) mass is 459 g/mol. The van der Waals surface area contributed by atoms with Crippen LogP contribution < -0.4 is 15.4 Å². The molecule has 0 spiro atoms. The van der Waals surface area contributed by atoms with Gasteiger partial charge in [0.05, 0.1) is 30.2 Å². The van der Waals surface area contributed by atoms with Gasteiger partial charge in [0.25, 0.3) is 0 Å². The van der Waals surface area contributed by atoms with E-state index in [4.69, 9.17) is 15.7 Å². The van der Waals surface area contributed by atoms with Crippen LogP contribution >= 0.6 is 0 Å². The van der Waals surface area contributed by atoms with Crippen molar-refractivity contribution in [2.24, 2.45) is 5.73 Å². The van der Waals surface area contributed by atoms with Crippen LogP contribution in [0.5, 0.6) is 5.75 Å². The van der Waals surface area contributed by atoms with Crippen molar-refractivity contribution >= 4 is 11.6 Å². The molecule has 0 aromatic heterocycles. The molecule has 0 fully saturated rings. The van der Waals surface area contributed by atoms with Crippen LogP contribution in [0.15, 0.2) is 42.5 Å². The molecule has 5 nitrogen and oxygen atoms in total. The van der Waals surface area contributed by atoms with E-state index in [1.165, 1.54) is 6.07 Å². The molecule has 0 unspecified atom stereocenters. The summed E-state index contributed by atoms with van der Waals surface area (Å²) in [6.45, 7) is -1.69. The Balaban J connectivity index is 2.07. The summed E-state index contributed by atoms with van der Waals surface area (Å²) < 4.78 is 83.9. The normalized spacial score (nSPS) is 11.7. The van der Waals surface area contributed by atoms with Gasteiger partial charge < -0.3 is 15.4 Å². The summed E-state index contributed by atoms with van der Waals surface area (Å²) in [6.07, 6.45) is -9.39. The number of nitrogens with two attached hydrogens (primary N) is 1. The predicted octanol–water partition coefficient (Wildman–Crippen LogP) is 4.44. The van der Waals surface area contributed by atoms with Gasteiger partial charge in [0.1, 0.15) is 12.3 Å². The molecule has 0 saturated carbocycles. The highest BCUT2D eigenvalue weighted by atomic mass is 19.4. The molecule has 2 N–H and O–H groups in total. The molecule has 11 heteroatoms. The van der Waals surface area contributed by atoms with Crippen molar-refractivity contribution in [3.63, 3.8) is 0 Å². The van der Waals surface area contributed by atoms with Crippen molar-refractivity contribution in [1.82, 2.24) is 0 Å². The lowest BCUT2D eigenvalue weighted by atomic mass is 10.1. The van der Waals surface area contributed by atoms with Crippen molar-refractivity contribution in [2.45, 2.75) is 25.2 Å². The van der Waals surface area contributed by atoms with Crippen molar-refractivity contribution < 1.29 is 35.9 Å². The Kier molecular flexibility index (Phi) is 7.97. The zero-order chi connectivity index (χ0) is 23.9. The van der Waals surface area contributed by atoms with Gasteiger partial charge in [0.2, 0.25) is 5.91 Å². The van der Waals surface area contributed by atoms with Gasteiger partial charge in [-0.3, -0.25) is 4.79 Å². The summed E-state index contributed by atoms with van der Waals surface area (Å²) >= 11 is 0. The van der Waals surface area contributed by atoms with E-state index < -0.39 is 35.9 Å². The second-order valence-electron chi connectivity index (χ2n) is 6.87. The average molecular weight is 459 g/mol. The van der Waals surface area contributed by atoms with Crippen LogP contribution in [0.2, 0.25) is 0 Å². The fourth-order valence-corrected chi connectivity index (χ4v) is 2.93. The number of hydrogen-bond acceptors (Lipinski definition) is 4. The number of rotatable bonds is 9. The number of hydrogen-bond donors (Lipinski definition) is 1. The van der Waals surface area contributed by atoms with Gasteiger partial charge in [0, 0.05) is 12.2 Å². The third-order valence-corrected chi connectivity index (χ3v) is 4.31. The van der Waals surface area contributed by atoms with Crippen molar-refractivity contribution in [3.8, 4) is 11.8 Å². The molecule has 0 radical (unpaired) electrons. The number of anilines is 1. The third-order valence-electron chi connectivity index (χ3n) is 4.31. The molecular weight excluding hydrogens is 440 g/mol. The van der Waals surface area contributed by atoms with Crippen molar-refractivity contribution in [3.05, 3.63) is 59.2 Å². The zero-order valence-electron chi connectivity index (χ0n) is 16.6. The van der Waals surface area contributed by atoms with Gasteiger partial charge in [-0.05, 0) is 42.3 Å². The molecule has 0 aliphatic rings. The number of amides is 1. The number of nitriles is 1. The SMILES string of the molecule is N#Cc1ccc(N(CCCOc2ccc(CC(N)=O)cc2)CC(F)(F)F)cc1C(F)(F)F. The molecule has 172 valence electrons. The van der Waals surface area contributed by atoms with Crippen LogP contribution in [0.1, 0.15) is 23.1 Å². The third kappa shape index (κ3) is 7.68. The van der Waals surface area contributed by atoms with Gasteiger partial charge in [-0.1, -0.05) is 12.1 Å². The molecule has 0 saturated heterocycles. The van der Waals surface area contributed by atoms with Crippen LogP contribution in [0, 0.1) is 11.3 Å². The summed E-state index contributed by atoms with van der Waals surface area (Å²) in [5, 5.41) is 8.86. The molecule has 0 atom stereocenters. The Bertz CT molecular complexity index is 965. The number of ether oxygens (including phenoxy) is 1. The summed E-state index contributed by atoms with van der Waals surface area (Å²) in [5.74, 6) is -0.0850. The second kappa shape index (κ2) is 10.3. The van der Waals surface area contributed by atoms with Gasteiger partial charge in [0.15, 0.2) is 0 Å². The van der Waals surface area contributed by atoms with E-state index in [1.807, 2.05) is 0 Å². The molecule has 0 aliphatic carbocycles. The van der Waals surface area contributed by atoms with Gasteiger partial charge >= 0.3 is 12.4 Å². The summed E-state index contributed by atoms with van der Waals surface area (Å²) in [4.78, 5) is 11.6. The molecule has 0 heterocycles. The minimum Gasteiger partial charge on any atom is -0.494 e. The van der Waals surface area contributed by atoms with Gasteiger partial charge in [-0.25, -0.2) is 0 Å². The summed E-state index contributed by atoms with van der Waals surface area (Å²) in [7, 11) is 0. The van der Waals surface area contributed by atoms with Crippen LogP contribution in [0.4, 0.5) is 32.0 Å². The van der Waals surface area contributed by atoms with E-state index >= 15 is 0 Å². The Labute approximate surface area is 180 Å². The topological polar surface area (TPSA) is 79.3 Å². The molecule has 0 bridgehead atoms. The van der Waals surface area contributed by atoms with Gasteiger partial charge in [-0.2, -0.15) is 31.6 Å². The lowest BCUT2D eigenvalue weighted by molar-refractivity contribution is -0.137. The number of carbonyl (C=O) groups excluding carboxylic acids is 1. The van der Waals surface area contributed by atoms with Crippen LogP contribution in [0.25, 0.3) is 0 Å². The minimum absolute atomic E-state index is 0.00588. The predicted molar refractivity (Wildman–Crippen MR) is 104 cm³/mol. The second-order valence-corrected chi connectivity index (χ2v) is 6.87. The Morgan fingerprint density at radius 2 is 1.72 bits per heavy atom. The van der Waals surface area contributed by atoms with Crippen LogP contribution in [-0.2, 0) is 17.4 Å². The Morgan fingerprint density at radius 1 is 1.06 bits per heavy atom. The Morgan fingerprint density at radius 3 is 2.25 bits per heavy atom. The number of benzene rings is 2. The van der Waals surface area contributed by atoms with E-state index in [0.717, 1.165) is 17.0 Å². The smallest absolute Gasteiger partial charge is 0.417 e. The van der Waals surface area contributed by atoms with E-state index in [1.54, 1.807) is 24.3 Å². The fourth-order valence-electron chi connectivity index (χ4n) is 2.93. The van der Waals surface area contributed by atoms with E-state index in [0.29, 0.717) is 17.4 Å². The highest BCUT2D eigenvalue weighted by Crippen LogP contribution is 2.35. The highest BCUT2D eigenvalue weighted by Gasteiger charge is 2.35. The Hall–Kier alpha value is -3.42. The maximum atomic E-state index is 13.2. The van der Waals surface area contributed by atoms with Gasteiger partial charge in [-0.15, -0.1) is 0 Å². The maximum absolute atomic E-state index is 13.2. The number of nitrogens with zero attached hydrogens (tertiary/aromatic N) is 2. The quantitative estimate of drug-likeness (QED) is 0.444. The first-order chi connectivity index (χ1) is 14.9. The van der Waals surface area contributed by atoms with Crippen LogP contribution in [0.3, 0.4) is 0 Å². The zero-order valence-corrected chi connectivity index (χ0v) is 16.6. The summed E-state index contributed by atoms with van der Waals surface area (Å²) in [6, 6.07) is 10.2. The summed E-state index contributed by atoms with van der Waals surface area (Å²) in [5.41, 5.74) is 3.50. The number of carbonyl (C=O) groups is 1. The van der Waals surface area contributed by atoms with E-state index in [-0.39, 0.29) is 31.7 Å². The molecular formula is C21H19F6N3O2. The first-order valence-electron chi connectivity index (χ1n) is 9.32. The maximum Gasteiger partial charge on any atom is 0.417 e. The minimum atomic E-state index is -4.88. The molecule has 2 aromatic carbocycles. The van der Waals surface area contributed by atoms with Crippen molar-refractivity contribution in [2.75, 3.05) is 24.6 Å². The largest absolute Gasteiger partial charge is 0.494 e. The number of alkyl halides is 6. The number of halogens is 6. The number of primary amides is 1. The molecule has 2 rings (SSSR count). The van der Waals surface area contributed by atoms with E-state index in [9.17, 15) is 31.1 Å². The lowest BCUT2D eigenvalue weighted by Crippen LogP contribution is -2.35. The molecule has 0 aliphatic heterocycles. The first kappa shape index (κ1) is 24.8. The molecule has 32 heavy (non-hydrogen) atoms. The molecule has 1 amide bonds. The van der Waals surface area contributed by atoms with E-state index in [2.05, 4.69) is 0 Å². The van der Waals surface area contributed by atoms with Crippen LogP contribution in [-0.4, -0.2) is 31.8 Å². The lowest BCUT2D eigenvalue weighted by Gasteiger charge is -2.27. The first-order valence-corrected chi connectivity index (χ1v) is 9.32. The standard InChI is InChI=1S/C21H19F6N3O2/c22-20(23,24)13-30(16-5-4-15(12-28)18(11-16)21(25,26)27)8-1-9-32-17-6-2-14(3-7-17)10-19(29)31/h2-7,11H,1,8-10,13H2,(H2,29,31). The highest BCUT2D eigenvalue weighted by molar-refractivity contribution is 5.76.